The summed E-state index contributed by atoms with van der Waals surface area (Å²) in [6.07, 6.45) is 10.4. The first-order chi connectivity index (χ1) is 8.25. The number of amides is 2. The monoisotopic (exact) mass is 255 g/mol. The van der Waals surface area contributed by atoms with Crippen molar-refractivity contribution in [3.05, 3.63) is 0 Å². The third kappa shape index (κ3) is 4.02. The van der Waals surface area contributed by atoms with E-state index in [0.717, 1.165) is 6.42 Å². The second-order valence-electron chi connectivity index (χ2n) is 5.04. The average molecular weight is 255 g/mol. The minimum absolute atomic E-state index is 0.0112. The Balaban J connectivity index is 1.82. The Kier molecular flexibility index (Phi) is 4.89. The summed E-state index contributed by atoms with van der Waals surface area (Å²) in [4.78, 5) is 22.7. The molecule has 1 unspecified atom stereocenters. The van der Waals surface area contributed by atoms with Gasteiger partial charge in [0.15, 0.2) is 0 Å². The fourth-order valence-electron chi connectivity index (χ4n) is 2.59. The maximum atomic E-state index is 11.7. The average Bonchev–Trinajstić information content (AvgIpc) is 2.25. The SMILES string of the molecule is O=C1CCC(SC2CCCCCCC2)C(=O)N1. The third-order valence-corrected chi connectivity index (χ3v) is 5.23. The molecule has 17 heavy (non-hydrogen) atoms. The topological polar surface area (TPSA) is 46.2 Å². The summed E-state index contributed by atoms with van der Waals surface area (Å²) in [5.74, 6) is -0.169. The molecule has 3 nitrogen and oxygen atoms in total. The molecule has 0 spiro atoms. The summed E-state index contributed by atoms with van der Waals surface area (Å²) in [6, 6.07) is 0. The molecule has 0 aromatic carbocycles. The summed E-state index contributed by atoms with van der Waals surface area (Å²) in [5.41, 5.74) is 0. The molecule has 1 N–H and O–H groups in total. The van der Waals surface area contributed by atoms with E-state index in [0.29, 0.717) is 11.7 Å². The fraction of sp³-hybridized carbons (Fsp3) is 0.846. The van der Waals surface area contributed by atoms with Gasteiger partial charge in [0.2, 0.25) is 11.8 Å². The van der Waals surface area contributed by atoms with E-state index in [2.05, 4.69) is 5.32 Å². The van der Waals surface area contributed by atoms with E-state index < -0.39 is 0 Å². The second kappa shape index (κ2) is 6.43. The molecule has 1 saturated carbocycles. The number of thioether (sulfide) groups is 1. The van der Waals surface area contributed by atoms with Crippen LogP contribution in [0.2, 0.25) is 0 Å². The molecule has 1 aliphatic heterocycles. The number of carbonyl (C=O) groups excluding carboxylic acids is 2. The van der Waals surface area contributed by atoms with Gasteiger partial charge < -0.3 is 0 Å². The molecule has 1 saturated heterocycles. The van der Waals surface area contributed by atoms with Gasteiger partial charge in [0.05, 0.1) is 5.25 Å². The van der Waals surface area contributed by atoms with Crippen molar-refractivity contribution in [3.63, 3.8) is 0 Å². The zero-order valence-corrected chi connectivity index (χ0v) is 11.1. The number of nitrogens with one attached hydrogen (secondary N) is 1. The molecule has 96 valence electrons. The molecule has 0 aromatic rings. The van der Waals surface area contributed by atoms with Gasteiger partial charge in [-0.3, -0.25) is 14.9 Å². The van der Waals surface area contributed by atoms with Crippen molar-refractivity contribution >= 4 is 23.6 Å². The third-order valence-electron chi connectivity index (χ3n) is 3.60. The van der Waals surface area contributed by atoms with Crippen LogP contribution in [-0.4, -0.2) is 22.3 Å². The number of piperidine rings is 1. The lowest BCUT2D eigenvalue weighted by Crippen LogP contribution is -2.43. The van der Waals surface area contributed by atoms with Crippen molar-refractivity contribution in [2.24, 2.45) is 0 Å². The largest absolute Gasteiger partial charge is 0.295 e. The number of rotatable bonds is 2. The fourth-order valence-corrected chi connectivity index (χ4v) is 4.10. The molecule has 1 atom stereocenters. The molecule has 0 aromatic heterocycles. The van der Waals surface area contributed by atoms with Crippen LogP contribution in [0.4, 0.5) is 0 Å². The minimum atomic E-state index is -0.107. The van der Waals surface area contributed by atoms with Gasteiger partial charge in [-0.1, -0.05) is 32.1 Å². The van der Waals surface area contributed by atoms with Crippen LogP contribution in [0, 0.1) is 0 Å². The first kappa shape index (κ1) is 12.9. The predicted molar refractivity (Wildman–Crippen MR) is 69.9 cm³/mol. The van der Waals surface area contributed by atoms with E-state index in [4.69, 9.17) is 0 Å². The molecule has 4 heteroatoms. The molecular formula is C13H21NO2S. The molecule has 2 amide bonds. The normalized spacial score (nSPS) is 28.4. The highest BCUT2D eigenvalue weighted by atomic mass is 32.2. The van der Waals surface area contributed by atoms with E-state index >= 15 is 0 Å². The van der Waals surface area contributed by atoms with Crippen LogP contribution in [-0.2, 0) is 9.59 Å². The first-order valence-electron chi connectivity index (χ1n) is 6.75. The van der Waals surface area contributed by atoms with Crippen LogP contribution in [0.15, 0.2) is 0 Å². The van der Waals surface area contributed by atoms with Crippen molar-refractivity contribution in [1.29, 1.82) is 0 Å². The van der Waals surface area contributed by atoms with Crippen molar-refractivity contribution in [1.82, 2.24) is 5.32 Å². The maximum absolute atomic E-state index is 11.7. The van der Waals surface area contributed by atoms with Crippen molar-refractivity contribution in [2.45, 2.75) is 68.3 Å². The molecule has 1 aliphatic carbocycles. The number of hydrogen-bond acceptors (Lipinski definition) is 3. The lowest BCUT2D eigenvalue weighted by molar-refractivity contribution is -0.132. The van der Waals surface area contributed by atoms with Crippen molar-refractivity contribution < 1.29 is 9.59 Å². The van der Waals surface area contributed by atoms with Gasteiger partial charge in [-0.05, 0) is 19.3 Å². The van der Waals surface area contributed by atoms with Crippen molar-refractivity contribution in [2.75, 3.05) is 0 Å². The van der Waals surface area contributed by atoms with E-state index in [-0.39, 0.29) is 17.1 Å². The predicted octanol–water partition coefficient (Wildman–Crippen LogP) is 2.64. The quantitative estimate of drug-likeness (QED) is 0.772. The van der Waals surface area contributed by atoms with Crippen LogP contribution in [0.1, 0.15) is 57.8 Å². The number of hydrogen-bond donors (Lipinski definition) is 1. The van der Waals surface area contributed by atoms with Gasteiger partial charge in [0.25, 0.3) is 0 Å². The number of imide groups is 1. The Labute approximate surface area is 107 Å². The zero-order chi connectivity index (χ0) is 12.1. The molecule has 2 fully saturated rings. The van der Waals surface area contributed by atoms with Gasteiger partial charge in [0.1, 0.15) is 0 Å². The van der Waals surface area contributed by atoms with Gasteiger partial charge in [-0.25, -0.2) is 0 Å². The lowest BCUT2D eigenvalue weighted by atomic mass is 10.0. The molecule has 1 heterocycles. The summed E-state index contributed by atoms with van der Waals surface area (Å²) >= 11 is 1.81. The zero-order valence-electron chi connectivity index (χ0n) is 10.2. The molecule has 2 aliphatic rings. The van der Waals surface area contributed by atoms with Gasteiger partial charge in [-0.15, -0.1) is 11.8 Å². The summed E-state index contributed by atoms with van der Waals surface area (Å²) < 4.78 is 0. The minimum Gasteiger partial charge on any atom is -0.295 e. The Hall–Kier alpha value is -0.510. The Morgan fingerprint density at radius 1 is 0.941 bits per heavy atom. The van der Waals surface area contributed by atoms with E-state index in [9.17, 15) is 9.59 Å². The summed E-state index contributed by atoms with van der Waals surface area (Å²) in [5, 5.41) is 3.08. The standard InChI is InChI=1S/C13H21NO2S/c15-12-9-8-11(13(16)14-12)17-10-6-4-2-1-3-5-7-10/h10-11H,1-9H2,(H,14,15,16). The van der Waals surface area contributed by atoms with Crippen LogP contribution in [0.3, 0.4) is 0 Å². The highest BCUT2D eigenvalue weighted by Crippen LogP contribution is 2.32. The second-order valence-corrected chi connectivity index (χ2v) is 6.55. The molecule has 0 radical (unpaired) electrons. The Bertz CT molecular complexity index is 285. The van der Waals surface area contributed by atoms with E-state index in [1.165, 1.54) is 44.9 Å². The highest BCUT2D eigenvalue weighted by Gasteiger charge is 2.29. The molecule has 2 rings (SSSR count). The van der Waals surface area contributed by atoms with Crippen LogP contribution in [0.5, 0.6) is 0 Å². The Morgan fingerprint density at radius 3 is 2.24 bits per heavy atom. The van der Waals surface area contributed by atoms with Crippen molar-refractivity contribution in [3.8, 4) is 0 Å². The molecular weight excluding hydrogens is 234 g/mol. The van der Waals surface area contributed by atoms with Crippen LogP contribution < -0.4 is 5.32 Å². The van der Waals surface area contributed by atoms with Gasteiger partial charge in [0, 0.05) is 11.7 Å². The number of carbonyl (C=O) groups is 2. The highest BCUT2D eigenvalue weighted by molar-refractivity contribution is 8.01. The lowest BCUT2D eigenvalue weighted by Gasteiger charge is -2.26. The smallest absolute Gasteiger partial charge is 0.239 e. The summed E-state index contributed by atoms with van der Waals surface area (Å²) in [7, 11) is 0. The maximum Gasteiger partial charge on any atom is 0.239 e. The first-order valence-corrected chi connectivity index (χ1v) is 7.69. The van der Waals surface area contributed by atoms with E-state index in [1.54, 1.807) is 0 Å². The van der Waals surface area contributed by atoms with Crippen LogP contribution in [0.25, 0.3) is 0 Å². The van der Waals surface area contributed by atoms with Crippen LogP contribution >= 0.6 is 11.8 Å². The summed E-state index contributed by atoms with van der Waals surface area (Å²) in [6.45, 7) is 0. The Morgan fingerprint density at radius 2 is 1.59 bits per heavy atom. The van der Waals surface area contributed by atoms with Gasteiger partial charge in [-0.2, -0.15) is 0 Å². The van der Waals surface area contributed by atoms with E-state index in [1.807, 2.05) is 11.8 Å². The van der Waals surface area contributed by atoms with Gasteiger partial charge >= 0.3 is 0 Å². The molecule has 0 bridgehead atoms.